The summed E-state index contributed by atoms with van der Waals surface area (Å²) < 4.78 is 37.9. The highest BCUT2D eigenvalue weighted by Gasteiger charge is 2.43. The number of nitriles is 1. The molecule has 3 N–H and O–H groups in total. The van der Waals surface area contributed by atoms with Crippen LogP contribution in [0.25, 0.3) is 0 Å². The SMILES string of the molecule is C[C@@](C#N)(NC(=O)C[NH+]1CCN(c2ccc(C(F)(F)F)c[nH+]2)CC1)C1CC1. The first-order valence-corrected chi connectivity index (χ1v) is 9.11. The van der Waals surface area contributed by atoms with Crippen LogP contribution >= 0.6 is 0 Å². The van der Waals surface area contributed by atoms with Crippen molar-refractivity contribution >= 4 is 11.7 Å². The van der Waals surface area contributed by atoms with Crippen LogP contribution in [0.5, 0.6) is 0 Å². The number of rotatable bonds is 5. The zero-order valence-electron chi connectivity index (χ0n) is 15.2. The predicted octanol–water partition coefficient (Wildman–Crippen LogP) is 0.0329. The Labute approximate surface area is 156 Å². The smallest absolute Gasteiger partial charge is 0.333 e. The third-order valence-electron chi connectivity index (χ3n) is 5.37. The summed E-state index contributed by atoms with van der Waals surface area (Å²) in [6.07, 6.45) is -1.44. The first kappa shape index (κ1) is 19.4. The van der Waals surface area contributed by atoms with Crippen LogP contribution in [0.2, 0.25) is 0 Å². The van der Waals surface area contributed by atoms with E-state index in [1.54, 1.807) is 6.92 Å². The van der Waals surface area contributed by atoms with E-state index in [0.29, 0.717) is 38.5 Å². The third-order valence-corrected chi connectivity index (χ3v) is 5.37. The molecular weight excluding hydrogens is 359 g/mol. The molecule has 2 heterocycles. The van der Waals surface area contributed by atoms with E-state index in [-0.39, 0.29) is 11.8 Å². The average molecular weight is 383 g/mol. The molecule has 0 spiro atoms. The molecule has 146 valence electrons. The molecule has 0 unspecified atom stereocenters. The number of carbonyl (C=O) groups excluding carboxylic acids is 1. The number of halogens is 3. The largest absolute Gasteiger partial charge is 0.419 e. The Morgan fingerprint density at radius 2 is 2.04 bits per heavy atom. The molecule has 1 aromatic heterocycles. The van der Waals surface area contributed by atoms with Gasteiger partial charge in [-0.25, -0.2) is 4.98 Å². The van der Waals surface area contributed by atoms with Crippen molar-refractivity contribution in [3.63, 3.8) is 0 Å². The van der Waals surface area contributed by atoms with Gasteiger partial charge in [-0.15, -0.1) is 0 Å². The van der Waals surface area contributed by atoms with Crippen LogP contribution in [0.15, 0.2) is 18.3 Å². The minimum absolute atomic E-state index is 0.129. The number of anilines is 1. The van der Waals surface area contributed by atoms with Crippen LogP contribution in [0.4, 0.5) is 19.0 Å². The van der Waals surface area contributed by atoms with Gasteiger partial charge in [-0.2, -0.15) is 18.4 Å². The maximum Gasteiger partial charge on any atom is 0.419 e. The first-order valence-electron chi connectivity index (χ1n) is 9.11. The van der Waals surface area contributed by atoms with Gasteiger partial charge in [0, 0.05) is 6.07 Å². The summed E-state index contributed by atoms with van der Waals surface area (Å²) in [5, 5.41) is 12.2. The molecule has 2 fully saturated rings. The molecule has 2 aliphatic rings. The minimum atomic E-state index is -4.36. The summed E-state index contributed by atoms with van der Waals surface area (Å²) in [5.74, 6) is 0.751. The van der Waals surface area contributed by atoms with Crippen LogP contribution in [-0.4, -0.2) is 44.2 Å². The summed E-state index contributed by atoms with van der Waals surface area (Å²) in [7, 11) is 0. The number of hydrogen-bond donors (Lipinski definition) is 2. The molecule has 3 rings (SSSR count). The Hall–Kier alpha value is -2.34. The molecule has 1 aliphatic carbocycles. The molecule has 1 aliphatic heterocycles. The van der Waals surface area contributed by atoms with Crippen molar-refractivity contribution in [1.29, 1.82) is 5.26 Å². The first-order chi connectivity index (χ1) is 12.7. The van der Waals surface area contributed by atoms with E-state index in [4.69, 9.17) is 0 Å². The second-order valence-electron chi connectivity index (χ2n) is 7.51. The summed E-state index contributed by atoms with van der Waals surface area (Å²) >= 11 is 0. The third kappa shape index (κ3) is 4.69. The highest BCUT2D eigenvalue weighted by Crippen LogP contribution is 2.39. The summed E-state index contributed by atoms with van der Waals surface area (Å²) in [6.45, 7) is 4.76. The lowest BCUT2D eigenvalue weighted by Gasteiger charge is -2.29. The number of aromatic amines is 1. The number of pyridine rings is 1. The van der Waals surface area contributed by atoms with Crippen molar-refractivity contribution in [1.82, 2.24) is 5.32 Å². The number of alkyl halides is 3. The number of hydrogen-bond acceptors (Lipinski definition) is 3. The molecule has 1 amide bonds. The Morgan fingerprint density at radius 1 is 1.37 bits per heavy atom. The number of piperazine rings is 1. The maximum atomic E-state index is 12.6. The molecule has 1 saturated carbocycles. The van der Waals surface area contributed by atoms with E-state index in [1.165, 1.54) is 6.07 Å². The van der Waals surface area contributed by atoms with E-state index < -0.39 is 17.3 Å². The topological polar surface area (TPSA) is 74.7 Å². The van der Waals surface area contributed by atoms with Gasteiger partial charge < -0.3 is 10.2 Å². The number of aromatic nitrogens is 1. The predicted molar refractivity (Wildman–Crippen MR) is 90.7 cm³/mol. The lowest BCUT2D eigenvalue weighted by molar-refractivity contribution is -0.892. The van der Waals surface area contributed by atoms with Crippen molar-refractivity contribution < 1.29 is 27.8 Å². The van der Waals surface area contributed by atoms with Gasteiger partial charge in [0.25, 0.3) is 11.7 Å². The lowest BCUT2D eigenvalue weighted by Crippen LogP contribution is -3.16. The Balaban J connectivity index is 1.49. The highest BCUT2D eigenvalue weighted by molar-refractivity contribution is 5.78. The number of quaternary nitrogens is 1. The zero-order valence-corrected chi connectivity index (χ0v) is 15.2. The van der Waals surface area contributed by atoms with Gasteiger partial charge in [0.2, 0.25) is 0 Å². The van der Waals surface area contributed by atoms with Gasteiger partial charge in [-0.05, 0) is 31.7 Å². The molecule has 27 heavy (non-hydrogen) atoms. The maximum absolute atomic E-state index is 12.6. The molecular formula is C18H24F3N5O+2. The number of amides is 1. The van der Waals surface area contributed by atoms with E-state index in [1.807, 2.05) is 4.90 Å². The van der Waals surface area contributed by atoms with E-state index in [9.17, 15) is 23.2 Å². The van der Waals surface area contributed by atoms with Crippen LogP contribution in [0, 0.1) is 17.2 Å². The Morgan fingerprint density at radius 3 is 2.52 bits per heavy atom. The fourth-order valence-electron chi connectivity index (χ4n) is 3.47. The molecule has 1 aromatic rings. The Bertz CT molecular complexity index is 718. The number of nitrogens with zero attached hydrogens (tertiary/aromatic N) is 2. The number of carbonyl (C=O) groups is 1. The molecule has 0 aromatic carbocycles. The van der Waals surface area contributed by atoms with E-state index >= 15 is 0 Å². The minimum Gasteiger partial charge on any atom is -0.333 e. The normalized spacial score (nSPS) is 20.6. The van der Waals surface area contributed by atoms with Crippen LogP contribution in [-0.2, 0) is 11.0 Å². The van der Waals surface area contributed by atoms with Gasteiger partial charge in [0.05, 0.1) is 11.6 Å². The monoisotopic (exact) mass is 383 g/mol. The lowest BCUT2D eigenvalue weighted by atomic mass is 9.98. The highest BCUT2D eigenvalue weighted by atomic mass is 19.4. The van der Waals surface area contributed by atoms with Crippen LogP contribution in [0.3, 0.4) is 0 Å². The van der Waals surface area contributed by atoms with Crippen molar-refractivity contribution in [2.45, 2.75) is 31.5 Å². The van der Waals surface area contributed by atoms with E-state index in [2.05, 4.69) is 16.4 Å². The average Bonchev–Trinajstić information content (AvgIpc) is 3.47. The quantitative estimate of drug-likeness (QED) is 0.754. The summed E-state index contributed by atoms with van der Waals surface area (Å²) in [5.41, 5.74) is -1.49. The van der Waals surface area contributed by atoms with Crippen molar-refractivity contribution in [3.8, 4) is 6.07 Å². The second-order valence-corrected chi connectivity index (χ2v) is 7.51. The standard InChI is InChI=1S/C18H22F3N5O/c1-17(12-22,13-2-3-13)24-16(27)11-25-6-8-26(9-7-25)15-5-4-14(10-23-15)18(19,20)21/h4-5,10,13H,2-3,6-9,11H2,1H3,(H,24,27)/p+2/t17-/m0/s1. The molecule has 1 atom stereocenters. The van der Waals surface area contributed by atoms with E-state index in [0.717, 1.165) is 30.0 Å². The van der Waals surface area contributed by atoms with Crippen molar-refractivity contribution in [3.05, 3.63) is 23.9 Å². The fourth-order valence-corrected chi connectivity index (χ4v) is 3.47. The van der Waals surface area contributed by atoms with Crippen molar-refractivity contribution in [2.75, 3.05) is 37.6 Å². The molecule has 0 radical (unpaired) electrons. The van der Waals surface area contributed by atoms with Crippen LogP contribution < -0.4 is 20.1 Å². The summed E-state index contributed by atoms with van der Waals surface area (Å²) in [6, 6.07) is 4.73. The fraction of sp³-hybridized carbons (Fsp3) is 0.611. The molecule has 1 saturated heterocycles. The Kier molecular flexibility index (Phi) is 5.29. The number of H-pyrrole nitrogens is 1. The van der Waals surface area contributed by atoms with Gasteiger partial charge in [-0.3, -0.25) is 9.69 Å². The number of nitrogens with one attached hydrogen (secondary N) is 3. The summed E-state index contributed by atoms with van der Waals surface area (Å²) in [4.78, 5) is 18.1. The van der Waals surface area contributed by atoms with Crippen molar-refractivity contribution in [2.24, 2.45) is 5.92 Å². The molecule has 9 heteroatoms. The zero-order chi connectivity index (χ0) is 19.7. The van der Waals surface area contributed by atoms with Gasteiger partial charge >= 0.3 is 6.18 Å². The molecule has 0 bridgehead atoms. The van der Waals surface area contributed by atoms with Gasteiger partial charge in [-0.1, -0.05) is 0 Å². The second kappa shape index (κ2) is 7.35. The van der Waals surface area contributed by atoms with Crippen LogP contribution in [0.1, 0.15) is 25.3 Å². The van der Waals surface area contributed by atoms with Gasteiger partial charge in [0.15, 0.2) is 6.54 Å². The molecule has 6 nitrogen and oxygen atoms in total. The van der Waals surface area contributed by atoms with Gasteiger partial charge in [0.1, 0.15) is 37.9 Å².